The maximum absolute atomic E-state index is 12.4. The summed E-state index contributed by atoms with van der Waals surface area (Å²) >= 11 is 3.32. The number of benzene rings is 2. The van der Waals surface area contributed by atoms with Crippen LogP contribution in [-0.2, 0) is 16.6 Å². The number of sulfonamides is 1. The number of nitrogens with one attached hydrogen (secondary N) is 1. The number of aryl methyl sites for hydroxylation is 2. The second-order valence-corrected chi connectivity index (χ2v) is 7.41. The molecule has 0 aromatic heterocycles. The molecule has 0 radical (unpaired) electrons. The van der Waals surface area contributed by atoms with Gasteiger partial charge in [-0.2, -0.15) is 0 Å². The zero-order valence-corrected chi connectivity index (χ0v) is 14.1. The standard InChI is InChI=1S/C15H16BrNO3S/c1-10-4-6-14(7-12(10)9-18)21(19,20)17-15-8-13(16)5-3-11(15)2/h3-8,17-18H,9H2,1-2H3. The summed E-state index contributed by atoms with van der Waals surface area (Å²) in [7, 11) is -3.68. The maximum atomic E-state index is 12.4. The van der Waals surface area contributed by atoms with Crippen LogP contribution in [-0.4, -0.2) is 13.5 Å². The molecule has 0 saturated carbocycles. The molecule has 112 valence electrons. The first kappa shape index (κ1) is 16.0. The molecular weight excluding hydrogens is 354 g/mol. The summed E-state index contributed by atoms with van der Waals surface area (Å²) in [5, 5.41) is 9.26. The van der Waals surface area contributed by atoms with E-state index in [4.69, 9.17) is 0 Å². The van der Waals surface area contributed by atoms with E-state index in [2.05, 4.69) is 20.7 Å². The Balaban J connectivity index is 2.41. The third-order valence-electron chi connectivity index (χ3n) is 3.25. The Morgan fingerprint density at radius 1 is 1.10 bits per heavy atom. The third-order valence-corrected chi connectivity index (χ3v) is 5.10. The summed E-state index contributed by atoms with van der Waals surface area (Å²) in [5.41, 5.74) is 2.81. The van der Waals surface area contributed by atoms with Gasteiger partial charge in [0.1, 0.15) is 0 Å². The van der Waals surface area contributed by atoms with Crippen molar-refractivity contribution in [1.82, 2.24) is 0 Å². The van der Waals surface area contributed by atoms with E-state index in [9.17, 15) is 13.5 Å². The van der Waals surface area contributed by atoms with Crippen LogP contribution in [0.25, 0.3) is 0 Å². The van der Waals surface area contributed by atoms with Crippen LogP contribution >= 0.6 is 15.9 Å². The van der Waals surface area contributed by atoms with Crippen molar-refractivity contribution in [2.24, 2.45) is 0 Å². The third kappa shape index (κ3) is 3.64. The second kappa shape index (κ2) is 6.17. The van der Waals surface area contributed by atoms with Crippen LogP contribution in [0.2, 0.25) is 0 Å². The van der Waals surface area contributed by atoms with Crippen LogP contribution in [0.3, 0.4) is 0 Å². The summed E-state index contributed by atoms with van der Waals surface area (Å²) in [5.74, 6) is 0. The summed E-state index contributed by atoms with van der Waals surface area (Å²) in [6.45, 7) is 3.47. The monoisotopic (exact) mass is 369 g/mol. The molecule has 0 atom stereocenters. The minimum atomic E-state index is -3.68. The first-order valence-electron chi connectivity index (χ1n) is 6.33. The molecule has 2 rings (SSSR count). The largest absolute Gasteiger partial charge is 0.392 e. The molecule has 2 aromatic rings. The predicted octanol–water partition coefficient (Wildman–Crippen LogP) is 3.36. The molecule has 0 fully saturated rings. The summed E-state index contributed by atoms with van der Waals surface area (Å²) in [6, 6.07) is 10.1. The van der Waals surface area contributed by atoms with E-state index in [1.165, 1.54) is 12.1 Å². The van der Waals surface area contributed by atoms with E-state index in [0.717, 1.165) is 15.6 Å². The van der Waals surface area contributed by atoms with Gasteiger partial charge in [-0.15, -0.1) is 0 Å². The van der Waals surface area contributed by atoms with E-state index in [1.54, 1.807) is 12.1 Å². The molecule has 6 heteroatoms. The SMILES string of the molecule is Cc1ccc(S(=O)(=O)Nc2cc(Br)ccc2C)cc1CO. The van der Waals surface area contributed by atoms with Crippen molar-refractivity contribution in [3.63, 3.8) is 0 Å². The van der Waals surface area contributed by atoms with Crippen LogP contribution < -0.4 is 4.72 Å². The van der Waals surface area contributed by atoms with Gasteiger partial charge in [0, 0.05) is 4.47 Å². The number of anilines is 1. The van der Waals surface area contributed by atoms with Gasteiger partial charge in [0.05, 0.1) is 17.2 Å². The Kier molecular flexibility index (Phi) is 4.70. The van der Waals surface area contributed by atoms with E-state index >= 15 is 0 Å². The lowest BCUT2D eigenvalue weighted by Gasteiger charge is -2.12. The van der Waals surface area contributed by atoms with Gasteiger partial charge < -0.3 is 5.11 Å². The van der Waals surface area contributed by atoms with Crippen molar-refractivity contribution in [2.45, 2.75) is 25.3 Å². The van der Waals surface area contributed by atoms with Gasteiger partial charge in [0.2, 0.25) is 0 Å². The van der Waals surface area contributed by atoms with Crippen molar-refractivity contribution in [3.8, 4) is 0 Å². The fourth-order valence-corrected chi connectivity index (χ4v) is 3.43. The zero-order chi connectivity index (χ0) is 15.6. The minimum absolute atomic E-state index is 0.136. The number of aliphatic hydroxyl groups excluding tert-OH is 1. The highest BCUT2D eigenvalue weighted by atomic mass is 79.9. The Hall–Kier alpha value is -1.37. The molecule has 2 aromatic carbocycles. The van der Waals surface area contributed by atoms with Crippen molar-refractivity contribution < 1.29 is 13.5 Å². The van der Waals surface area contributed by atoms with Gasteiger partial charge in [-0.1, -0.05) is 28.1 Å². The fraction of sp³-hybridized carbons (Fsp3) is 0.200. The van der Waals surface area contributed by atoms with Crippen LogP contribution in [0.1, 0.15) is 16.7 Å². The number of aliphatic hydroxyl groups is 1. The van der Waals surface area contributed by atoms with Gasteiger partial charge in [-0.05, 0) is 54.8 Å². The summed E-state index contributed by atoms with van der Waals surface area (Å²) < 4.78 is 28.2. The number of hydrogen-bond acceptors (Lipinski definition) is 3. The quantitative estimate of drug-likeness (QED) is 0.867. The van der Waals surface area contributed by atoms with Gasteiger partial charge >= 0.3 is 0 Å². The molecule has 0 bridgehead atoms. The number of hydrogen-bond donors (Lipinski definition) is 2. The zero-order valence-electron chi connectivity index (χ0n) is 11.7. The molecule has 0 heterocycles. The van der Waals surface area contributed by atoms with E-state index in [0.29, 0.717) is 11.3 Å². The average molecular weight is 370 g/mol. The van der Waals surface area contributed by atoms with Gasteiger partial charge in [0.25, 0.3) is 10.0 Å². The predicted molar refractivity (Wildman–Crippen MR) is 86.8 cm³/mol. The molecule has 21 heavy (non-hydrogen) atoms. The Morgan fingerprint density at radius 3 is 2.43 bits per heavy atom. The normalized spacial score (nSPS) is 11.4. The maximum Gasteiger partial charge on any atom is 0.261 e. The van der Waals surface area contributed by atoms with E-state index in [1.807, 2.05) is 26.0 Å². The van der Waals surface area contributed by atoms with Gasteiger partial charge in [-0.25, -0.2) is 8.42 Å². The Bertz CT molecular complexity index is 772. The average Bonchev–Trinajstić information content (AvgIpc) is 2.43. The first-order valence-corrected chi connectivity index (χ1v) is 8.60. The van der Waals surface area contributed by atoms with E-state index in [-0.39, 0.29) is 11.5 Å². The number of halogens is 1. The van der Waals surface area contributed by atoms with Gasteiger partial charge in [-0.3, -0.25) is 4.72 Å². The first-order chi connectivity index (χ1) is 9.83. The molecular formula is C15H16BrNO3S. The van der Waals surface area contributed by atoms with Crippen molar-refractivity contribution in [3.05, 3.63) is 57.6 Å². The lowest BCUT2D eigenvalue weighted by Crippen LogP contribution is -2.14. The highest BCUT2D eigenvalue weighted by Crippen LogP contribution is 2.24. The Morgan fingerprint density at radius 2 is 1.76 bits per heavy atom. The molecule has 0 aliphatic rings. The summed E-state index contributed by atoms with van der Waals surface area (Å²) in [6.07, 6.45) is 0. The second-order valence-electron chi connectivity index (χ2n) is 4.81. The van der Waals surface area contributed by atoms with Crippen LogP contribution in [0.5, 0.6) is 0 Å². The molecule has 2 N–H and O–H groups in total. The van der Waals surface area contributed by atoms with Crippen molar-refractivity contribution in [1.29, 1.82) is 0 Å². The molecule has 0 amide bonds. The van der Waals surface area contributed by atoms with Crippen LogP contribution in [0, 0.1) is 13.8 Å². The van der Waals surface area contributed by atoms with Crippen molar-refractivity contribution in [2.75, 3.05) is 4.72 Å². The molecule has 0 saturated heterocycles. The lowest BCUT2D eigenvalue weighted by atomic mass is 10.1. The fourth-order valence-electron chi connectivity index (χ4n) is 1.89. The highest BCUT2D eigenvalue weighted by Gasteiger charge is 2.16. The molecule has 0 aliphatic heterocycles. The highest BCUT2D eigenvalue weighted by molar-refractivity contribution is 9.10. The van der Waals surface area contributed by atoms with Crippen LogP contribution in [0.15, 0.2) is 45.8 Å². The lowest BCUT2D eigenvalue weighted by molar-refractivity contribution is 0.281. The Labute approximate surface area is 133 Å². The smallest absolute Gasteiger partial charge is 0.261 e. The van der Waals surface area contributed by atoms with Crippen molar-refractivity contribution >= 4 is 31.6 Å². The van der Waals surface area contributed by atoms with E-state index < -0.39 is 10.0 Å². The summed E-state index contributed by atoms with van der Waals surface area (Å²) in [4.78, 5) is 0.136. The molecule has 0 aliphatic carbocycles. The molecule has 0 unspecified atom stereocenters. The number of rotatable bonds is 4. The molecule has 0 spiro atoms. The van der Waals surface area contributed by atoms with Crippen LogP contribution in [0.4, 0.5) is 5.69 Å². The topological polar surface area (TPSA) is 66.4 Å². The van der Waals surface area contributed by atoms with Gasteiger partial charge in [0.15, 0.2) is 0 Å². The molecule has 4 nitrogen and oxygen atoms in total. The minimum Gasteiger partial charge on any atom is -0.392 e.